The Morgan fingerprint density at radius 1 is 0.340 bits per heavy atom. The molecular formula is C73H77IN6O17S3. The van der Waals surface area contributed by atoms with Crippen LogP contribution in [0.5, 0.6) is 51.7 Å². The van der Waals surface area contributed by atoms with Crippen LogP contribution in [0.15, 0.2) is 221 Å². The highest BCUT2D eigenvalue weighted by Gasteiger charge is 2.29. The van der Waals surface area contributed by atoms with E-state index >= 15 is 0 Å². The first-order chi connectivity index (χ1) is 46.9. The van der Waals surface area contributed by atoms with E-state index in [-0.39, 0.29) is 32.6 Å². The first-order valence-corrected chi connectivity index (χ1v) is 36.0. The van der Waals surface area contributed by atoms with Gasteiger partial charge in [0.25, 0.3) is 30.1 Å². The quantitative estimate of drug-likeness (QED) is 0.0370. The van der Waals surface area contributed by atoms with Crippen LogP contribution < -0.4 is 58.5 Å². The smallest absolute Gasteiger partial charge is 0.335 e. The molecule has 0 aromatic heterocycles. The molecule has 0 heterocycles. The van der Waals surface area contributed by atoms with Crippen molar-refractivity contribution in [3.05, 3.63) is 215 Å². The number of carbonyl (C=O) groups excluding carboxylic acids is 3. The van der Waals surface area contributed by atoms with Crippen molar-refractivity contribution in [2.24, 2.45) is 0 Å². The van der Waals surface area contributed by atoms with Crippen LogP contribution in [0.4, 0.5) is 14.4 Å². The molecule has 0 saturated heterocycles. The number of nitrogens with one attached hydrogen (secondary N) is 6. The standard InChI is InChI=1S/C25H26N2O7S.C24H25IN2O5S.C24H26N2O5S/c1-25(2,3)26-24(30)27-35(31,32)22-15-18(23(28)29)10-13-21(22)34-20-7-5-6-17(14-20)16-8-11-19(33-4)12-9-16;1-24(2,3)26-23(28)27-33(29,30)22-15-18(25)10-13-21(22)32-20-7-5-6-17(14-20)16-8-11-19(31-4)12-9-16;1-24(2,3)25-23(27)26-32(28,29)22-11-6-5-10-21(22)31-20-9-7-8-18(16-20)17-12-14-19(30-4)15-13-17/h5-15H,1-4H3,(H,28,29)(H2,26,27,30);5-15H,1-4H3,(H2,26,27,28);5-16H,1-4H3,(H2,25,26,27). The average Bonchev–Trinajstić information content (AvgIpc) is 0.805. The summed E-state index contributed by atoms with van der Waals surface area (Å²) in [6, 6.07) is 55.8. The van der Waals surface area contributed by atoms with Crippen molar-refractivity contribution in [2.45, 2.75) is 93.6 Å². The average molecular weight is 1530 g/mol. The molecule has 0 atom stereocenters. The van der Waals surface area contributed by atoms with Crippen LogP contribution in [-0.4, -0.2) is 92.4 Å². The molecule has 0 aliphatic carbocycles. The van der Waals surface area contributed by atoms with E-state index in [1.807, 2.05) is 147 Å². The molecule has 0 aliphatic heterocycles. The molecule has 7 N–H and O–H groups in total. The van der Waals surface area contributed by atoms with E-state index in [9.17, 15) is 49.5 Å². The Morgan fingerprint density at radius 3 is 0.980 bits per heavy atom. The molecule has 27 heteroatoms. The summed E-state index contributed by atoms with van der Waals surface area (Å²) in [6.07, 6.45) is 0. The Bertz CT molecular complexity index is 4750. The predicted octanol–water partition coefficient (Wildman–Crippen LogP) is 15.1. The van der Waals surface area contributed by atoms with E-state index in [0.29, 0.717) is 26.6 Å². The van der Waals surface area contributed by atoms with Gasteiger partial charge in [0.1, 0.15) is 66.4 Å². The molecule has 0 aliphatic rings. The number of halogens is 1. The number of carboxylic acid groups (broad SMARTS) is 1. The van der Waals surface area contributed by atoms with Crippen LogP contribution in [0.3, 0.4) is 0 Å². The third-order valence-electron chi connectivity index (χ3n) is 13.4. The zero-order chi connectivity index (χ0) is 73.4. The Balaban J connectivity index is 0.000000211. The second kappa shape index (κ2) is 33.0. The molecule has 9 aromatic carbocycles. The van der Waals surface area contributed by atoms with Crippen molar-refractivity contribution >= 4 is 76.7 Å². The maximum Gasteiger partial charge on any atom is 0.335 e. The molecule has 526 valence electrons. The van der Waals surface area contributed by atoms with E-state index in [4.69, 9.17) is 28.4 Å². The fraction of sp³-hybridized carbons (Fsp3) is 0.205. The highest BCUT2D eigenvalue weighted by molar-refractivity contribution is 14.1. The lowest BCUT2D eigenvalue weighted by atomic mass is 10.1. The van der Waals surface area contributed by atoms with Crippen LogP contribution in [0.25, 0.3) is 33.4 Å². The number of carbonyl (C=O) groups is 4. The molecule has 100 heavy (non-hydrogen) atoms. The Kier molecular flexibility index (Phi) is 25.4. The van der Waals surface area contributed by atoms with Crippen molar-refractivity contribution < 1.29 is 78.0 Å². The number of methoxy groups -OCH3 is 3. The number of hydrogen-bond acceptors (Lipinski definition) is 16. The number of rotatable bonds is 19. The third-order valence-corrected chi connectivity index (χ3v) is 18.2. The SMILES string of the molecule is COc1ccc(-c2cccc(Oc3ccc(C(=O)O)cc3S(=O)(=O)NC(=O)NC(C)(C)C)c2)cc1.COc1ccc(-c2cccc(Oc3ccc(I)cc3S(=O)(=O)NC(=O)NC(C)(C)C)c2)cc1.COc1ccc(-c2cccc(Oc3ccccc3S(=O)(=O)NC(=O)NC(C)(C)C)c2)cc1. The fourth-order valence-electron chi connectivity index (χ4n) is 9.05. The summed E-state index contributed by atoms with van der Waals surface area (Å²) in [5, 5.41) is 17.0. The monoisotopic (exact) mass is 1530 g/mol. The first kappa shape index (κ1) is 77.0. The van der Waals surface area contributed by atoms with Gasteiger partial charge in [0.05, 0.1) is 26.9 Å². The number of para-hydroxylation sites is 1. The van der Waals surface area contributed by atoms with Crippen molar-refractivity contribution in [1.29, 1.82) is 0 Å². The summed E-state index contributed by atoms with van der Waals surface area (Å²) in [5.41, 5.74) is 3.25. The Morgan fingerprint density at radius 2 is 0.650 bits per heavy atom. The normalized spacial score (nSPS) is 11.5. The molecule has 0 radical (unpaired) electrons. The first-order valence-electron chi connectivity index (χ1n) is 30.5. The maximum atomic E-state index is 13.0. The Labute approximate surface area is 596 Å². The van der Waals surface area contributed by atoms with Gasteiger partial charge in [-0.05, 0) is 240 Å². The van der Waals surface area contributed by atoms with Gasteiger partial charge < -0.3 is 49.5 Å². The van der Waals surface area contributed by atoms with Crippen LogP contribution in [0.2, 0.25) is 0 Å². The van der Waals surface area contributed by atoms with Crippen LogP contribution in [-0.2, 0) is 30.1 Å². The topological polar surface area (TPSA) is 318 Å². The molecule has 0 spiro atoms. The number of carboxylic acids is 1. The Hall–Kier alpha value is -10.4. The van der Waals surface area contributed by atoms with E-state index in [0.717, 1.165) is 50.9 Å². The summed E-state index contributed by atoms with van der Waals surface area (Å²) in [5.74, 6) is 2.20. The van der Waals surface area contributed by atoms with E-state index in [2.05, 4.69) is 20.7 Å². The van der Waals surface area contributed by atoms with E-state index in [1.54, 1.807) is 138 Å². The summed E-state index contributed by atoms with van der Waals surface area (Å²) >= 11 is 2.01. The number of hydrogen-bond donors (Lipinski definition) is 7. The minimum atomic E-state index is -4.47. The highest BCUT2D eigenvalue weighted by Crippen LogP contribution is 2.37. The van der Waals surface area contributed by atoms with E-state index < -0.39 is 75.6 Å². The third kappa shape index (κ3) is 23.1. The second-order valence-corrected chi connectivity index (χ2v) is 31.2. The van der Waals surface area contributed by atoms with Crippen LogP contribution >= 0.6 is 22.6 Å². The molecule has 9 aromatic rings. The van der Waals surface area contributed by atoms with Gasteiger partial charge in [0.15, 0.2) is 0 Å². The van der Waals surface area contributed by atoms with Crippen LogP contribution in [0.1, 0.15) is 72.7 Å². The molecule has 9 rings (SSSR count). The van der Waals surface area contributed by atoms with Gasteiger partial charge in [-0.2, -0.15) is 0 Å². The van der Waals surface area contributed by atoms with E-state index in [1.165, 1.54) is 30.3 Å². The lowest BCUT2D eigenvalue weighted by Crippen LogP contribution is -2.48. The van der Waals surface area contributed by atoms with Gasteiger partial charge in [0.2, 0.25) is 0 Å². The molecular weight excluding hydrogens is 1460 g/mol. The molecule has 23 nitrogen and oxygen atoms in total. The van der Waals surface area contributed by atoms with Crippen molar-refractivity contribution in [1.82, 2.24) is 30.1 Å². The summed E-state index contributed by atoms with van der Waals surface area (Å²) < 4.78 is 118. The minimum Gasteiger partial charge on any atom is -0.497 e. The zero-order valence-electron chi connectivity index (χ0n) is 56.7. The number of amides is 6. The number of aromatic carboxylic acids is 1. The highest BCUT2D eigenvalue weighted by atomic mass is 127. The van der Waals surface area contributed by atoms with Gasteiger partial charge >= 0.3 is 24.1 Å². The van der Waals surface area contributed by atoms with Crippen molar-refractivity contribution in [3.8, 4) is 85.1 Å². The van der Waals surface area contributed by atoms with Gasteiger partial charge in [0, 0.05) is 20.2 Å². The zero-order valence-corrected chi connectivity index (χ0v) is 61.3. The minimum absolute atomic E-state index is 0.107. The van der Waals surface area contributed by atoms with Gasteiger partial charge in [-0.1, -0.05) is 84.9 Å². The lowest BCUT2D eigenvalue weighted by molar-refractivity contribution is 0.0696. The fourth-order valence-corrected chi connectivity index (χ4v) is 12.9. The largest absolute Gasteiger partial charge is 0.497 e. The molecule has 0 unspecified atom stereocenters. The second-order valence-electron chi connectivity index (χ2n) is 25.0. The van der Waals surface area contributed by atoms with Gasteiger partial charge in [-0.25, -0.2) is 58.6 Å². The molecule has 0 fully saturated rings. The number of urea groups is 3. The summed E-state index contributed by atoms with van der Waals surface area (Å²) in [7, 11) is -8.02. The predicted molar refractivity (Wildman–Crippen MR) is 390 cm³/mol. The van der Waals surface area contributed by atoms with Gasteiger partial charge in [-0.15, -0.1) is 0 Å². The maximum absolute atomic E-state index is 13.0. The van der Waals surface area contributed by atoms with Crippen molar-refractivity contribution in [3.63, 3.8) is 0 Å². The lowest BCUT2D eigenvalue weighted by Gasteiger charge is -2.21. The molecule has 0 saturated carbocycles. The number of benzene rings is 9. The van der Waals surface area contributed by atoms with Crippen molar-refractivity contribution in [2.75, 3.05) is 21.3 Å². The summed E-state index contributed by atoms with van der Waals surface area (Å²) in [6.45, 7) is 15.6. The molecule has 6 amide bonds. The summed E-state index contributed by atoms with van der Waals surface area (Å²) in [4.78, 5) is 47.2. The molecule has 0 bridgehead atoms. The van der Waals surface area contributed by atoms with Gasteiger partial charge in [-0.3, -0.25) is 0 Å². The number of ether oxygens (including phenoxy) is 6. The number of sulfonamides is 3. The van der Waals surface area contributed by atoms with Crippen LogP contribution in [0, 0.1) is 3.57 Å².